The third-order valence-corrected chi connectivity index (χ3v) is 12.0. The van der Waals surface area contributed by atoms with Crippen LogP contribution in [0, 0.1) is 5.82 Å². The van der Waals surface area contributed by atoms with Gasteiger partial charge in [0.1, 0.15) is 11.9 Å². The second-order valence-electron chi connectivity index (χ2n) is 11.9. The van der Waals surface area contributed by atoms with Gasteiger partial charge in [-0.15, -0.1) is 0 Å². The van der Waals surface area contributed by atoms with E-state index < -0.39 is 45.0 Å². The van der Waals surface area contributed by atoms with E-state index in [2.05, 4.69) is 0 Å². The fourth-order valence-corrected chi connectivity index (χ4v) is 9.81. The summed E-state index contributed by atoms with van der Waals surface area (Å²) < 4.78 is 60.8. The molecule has 1 spiro atoms. The number of sulfonamides is 1. The van der Waals surface area contributed by atoms with Crippen molar-refractivity contribution in [3.05, 3.63) is 83.6 Å². The van der Waals surface area contributed by atoms with Crippen molar-refractivity contribution in [1.82, 2.24) is 9.21 Å². The van der Waals surface area contributed by atoms with Crippen LogP contribution in [0.2, 0.25) is 0 Å². The Morgan fingerprint density at radius 1 is 1.19 bits per heavy atom. The Bertz CT molecular complexity index is 1710. The van der Waals surface area contributed by atoms with E-state index in [1.807, 2.05) is 12.1 Å². The number of halogens is 1. The molecule has 43 heavy (non-hydrogen) atoms. The maximum absolute atomic E-state index is 14.1. The van der Waals surface area contributed by atoms with Crippen LogP contribution in [0.1, 0.15) is 42.4 Å². The third kappa shape index (κ3) is 3.94. The predicted octanol–water partition coefficient (Wildman–Crippen LogP) is 3.90. The Balaban J connectivity index is 1.34. The first-order chi connectivity index (χ1) is 20.6. The molecule has 9 nitrogen and oxygen atoms in total. The lowest BCUT2D eigenvalue weighted by molar-refractivity contribution is -0.164. The van der Waals surface area contributed by atoms with Crippen LogP contribution < -0.4 is 9.47 Å². The summed E-state index contributed by atoms with van der Waals surface area (Å²) in [7, 11) is -0.770. The van der Waals surface area contributed by atoms with E-state index in [1.54, 1.807) is 37.5 Å². The third-order valence-electron chi connectivity index (χ3n) is 10.0. The zero-order valence-corrected chi connectivity index (χ0v) is 24.7. The molecule has 2 bridgehead atoms. The van der Waals surface area contributed by atoms with E-state index in [-0.39, 0.29) is 30.2 Å². The quantitative estimate of drug-likeness (QED) is 0.423. The smallest absolute Gasteiger partial charge is 0.246 e. The lowest BCUT2D eigenvalue weighted by Crippen LogP contribution is -2.74. The number of hydrogen-bond acceptors (Lipinski definition) is 7. The number of benzene rings is 2. The summed E-state index contributed by atoms with van der Waals surface area (Å²) in [6, 6.07) is 9.12. The summed E-state index contributed by atoms with van der Waals surface area (Å²) in [5.74, 6) is 0.346. The maximum Gasteiger partial charge on any atom is 0.246 e. The maximum atomic E-state index is 14.1. The number of amides is 1. The molecular weight excluding hydrogens is 575 g/mol. The van der Waals surface area contributed by atoms with E-state index in [0.717, 1.165) is 28.8 Å². The van der Waals surface area contributed by atoms with Crippen LogP contribution in [0.5, 0.6) is 11.5 Å². The highest BCUT2D eigenvalue weighted by atomic mass is 32.2. The molecule has 3 aromatic rings. The van der Waals surface area contributed by atoms with Gasteiger partial charge in [0.2, 0.25) is 15.9 Å². The van der Waals surface area contributed by atoms with Gasteiger partial charge >= 0.3 is 0 Å². The number of ether oxygens (including phenoxy) is 2. The Labute approximate surface area is 249 Å². The van der Waals surface area contributed by atoms with Gasteiger partial charge in [0.05, 0.1) is 47.6 Å². The van der Waals surface area contributed by atoms with Crippen LogP contribution in [0.3, 0.4) is 0 Å². The number of nitrogens with zero attached hydrogens (tertiary/aromatic N) is 2. The van der Waals surface area contributed by atoms with Crippen molar-refractivity contribution in [2.45, 2.75) is 66.2 Å². The van der Waals surface area contributed by atoms with Crippen molar-refractivity contribution in [1.29, 1.82) is 0 Å². The zero-order valence-electron chi connectivity index (χ0n) is 23.9. The zero-order chi connectivity index (χ0) is 30.1. The molecule has 0 unspecified atom stereocenters. The van der Waals surface area contributed by atoms with Crippen molar-refractivity contribution < 1.29 is 36.6 Å². The van der Waals surface area contributed by atoms with E-state index >= 15 is 0 Å². The van der Waals surface area contributed by atoms with Gasteiger partial charge in [-0.25, -0.2) is 12.8 Å². The molecule has 1 amide bonds. The van der Waals surface area contributed by atoms with Crippen LogP contribution in [-0.4, -0.2) is 73.1 Å². The molecule has 5 atom stereocenters. The lowest BCUT2D eigenvalue weighted by atomic mass is 9.50. The van der Waals surface area contributed by atoms with E-state index in [1.165, 1.54) is 28.8 Å². The molecule has 1 N–H and O–H groups in total. The van der Waals surface area contributed by atoms with Gasteiger partial charge in [-0.2, -0.15) is 4.31 Å². The van der Waals surface area contributed by atoms with Gasteiger partial charge in [0, 0.05) is 30.8 Å². The molecule has 0 radical (unpaired) electrons. The topological polar surface area (TPSA) is 110 Å². The monoisotopic (exact) mass is 608 g/mol. The number of methoxy groups -OCH3 is 1. The van der Waals surface area contributed by atoms with Crippen molar-refractivity contribution in [2.75, 3.05) is 20.7 Å². The SMILES string of the molecule is COc1ccc2c3c1O[C@H]1[C@H](N(C)C(=O)/C=C\c4ccoc4)CC[C@@]4(O)[C@@H](C2)N(S(=O)(=O)c2ccc(F)cc2)CCC[C@]314. The second kappa shape index (κ2) is 9.93. The first-order valence-corrected chi connectivity index (χ1v) is 15.9. The number of hydrogen-bond donors (Lipinski definition) is 1. The largest absolute Gasteiger partial charge is 0.493 e. The Morgan fingerprint density at radius 3 is 2.70 bits per heavy atom. The molecule has 2 aromatic carbocycles. The predicted molar refractivity (Wildman–Crippen MR) is 155 cm³/mol. The Hall–Kier alpha value is -3.67. The molecule has 1 saturated carbocycles. The number of likely N-dealkylation sites (N-methyl/N-ethyl adjacent to an activating group) is 1. The molecule has 1 aromatic heterocycles. The molecule has 226 valence electrons. The van der Waals surface area contributed by atoms with E-state index in [0.29, 0.717) is 30.8 Å². The minimum Gasteiger partial charge on any atom is -0.493 e. The number of rotatable bonds is 6. The molecular formula is C32H33FN2O7S. The molecule has 2 aliphatic carbocycles. The van der Waals surface area contributed by atoms with Crippen LogP contribution in [-0.2, 0) is 26.7 Å². The van der Waals surface area contributed by atoms with Gasteiger partial charge in [-0.05, 0) is 80.1 Å². The number of carbonyl (C=O) groups excluding carboxylic acids is 1. The van der Waals surface area contributed by atoms with E-state index in [9.17, 15) is 22.7 Å². The summed E-state index contributed by atoms with van der Waals surface area (Å²) >= 11 is 0. The summed E-state index contributed by atoms with van der Waals surface area (Å²) in [6.07, 6.45) is 7.49. The summed E-state index contributed by atoms with van der Waals surface area (Å²) in [5, 5.41) is 12.9. The van der Waals surface area contributed by atoms with Crippen LogP contribution in [0.25, 0.3) is 6.08 Å². The van der Waals surface area contributed by atoms with Gasteiger partial charge < -0.3 is 23.9 Å². The molecule has 1 saturated heterocycles. The first-order valence-electron chi connectivity index (χ1n) is 14.5. The van der Waals surface area contributed by atoms with E-state index in [4.69, 9.17) is 13.9 Å². The summed E-state index contributed by atoms with van der Waals surface area (Å²) in [5.41, 5.74) is 0.0469. The second-order valence-corrected chi connectivity index (χ2v) is 13.8. The van der Waals surface area contributed by atoms with Gasteiger partial charge in [-0.3, -0.25) is 4.79 Å². The van der Waals surface area contributed by atoms with Gasteiger partial charge in [0.25, 0.3) is 0 Å². The minimum atomic E-state index is -4.07. The van der Waals surface area contributed by atoms with Crippen molar-refractivity contribution >= 4 is 22.0 Å². The Morgan fingerprint density at radius 2 is 1.98 bits per heavy atom. The average molecular weight is 609 g/mol. The standard InChI is InChI=1S/C32H33FN2O7S/c1-34(27(36)11-4-20-13-17-41-19-20)24-12-15-32(37)26-18-21-5-10-25(40-2)29-28(21)31(32,30(24)42-29)14-3-16-35(26)43(38,39)23-8-6-22(33)7-9-23/h4-11,13,17,19,24,26,30,37H,3,12,14-16,18H2,1-2H3/b11-4-/t24-,26-,30+,31+,32-/m1/s1. The molecule has 7 rings (SSSR count). The van der Waals surface area contributed by atoms with Crippen molar-refractivity contribution in [2.24, 2.45) is 0 Å². The normalized spacial score (nSPS) is 29.5. The number of furan rings is 1. The lowest BCUT2D eigenvalue weighted by Gasteiger charge is -2.59. The van der Waals surface area contributed by atoms with Gasteiger partial charge in [-0.1, -0.05) is 6.07 Å². The Kier molecular flexibility index (Phi) is 6.50. The molecule has 2 aliphatic heterocycles. The summed E-state index contributed by atoms with van der Waals surface area (Å²) in [4.78, 5) is 15.1. The first kappa shape index (κ1) is 28.1. The highest BCUT2D eigenvalue weighted by Gasteiger charge is 2.73. The minimum absolute atomic E-state index is 0.0164. The highest BCUT2D eigenvalue weighted by Crippen LogP contribution is 2.65. The van der Waals surface area contributed by atoms with Crippen LogP contribution in [0.15, 0.2) is 70.4 Å². The summed E-state index contributed by atoms with van der Waals surface area (Å²) in [6.45, 7) is 0.189. The fourth-order valence-electron chi connectivity index (χ4n) is 8.10. The highest BCUT2D eigenvalue weighted by molar-refractivity contribution is 7.89. The fraction of sp³-hybridized carbons (Fsp3) is 0.406. The van der Waals surface area contributed by atoms with Crippen LogP contribution >= 0.6 is 0 Å². The van der Waals surface area contributed by atoms with Crippen molar-refractivity contribution in [3.63, 3.8) is 0 Å². The molecule has 2 fully saturated rings. The molecule has 3 heterocycles. The average Bonchev–Trinajstić information content (AvgIpc) is 3.63. The van der Waals surface area contributed by atoms with Gasteiger partial charge in [0.15, 0.2) is 11.5 Å². The molecule has 4 aliphatic rings. The van der Waals surface area contributed by atoms with Crippen molar-refractivity contribution in [3.8, 4) is 11.5 Å². The molecule has 11 heteroatoms. The number of carbonyl (C=O) groups is 1. The number of aliphatic hydroxyl groups is 1. The van der Waals surface area contributed by atoms with Crippen LogP contribution in [0.4, 0.5) is 4.39 Å².